The maximum absolute atomic E-state index is 12.5. The third-order valence-corrected chi connectivity index (χ3v) is 8.90. The number of hydrogen-bond acceptors (Lipinski definition) is 10. The molecule has 2 aromatic carbocycles. The SMILES string of the molecule is CC(C)c1cnn2c(NCc3ccccc3-c3nccc4cc(NC(=O)CCCN(C)C)ccc34)nc(NC[C@H]3CCNC[C@@H]3O)nc12. The van der Waals surface area contributed by atoms with Gasteiger partial charge in [0.15, 0.2) is 5.65 Å². The van der Waals surface area contributed by atoms with Crippen LogP contribution >= 0.6 is 0 Å². The number of piperidine rings is 1. The normalized spacial score (nSPS) is 16.6. The second-order valence-electron chi connectivity index (χ2n) is 13.1. The Kier molecular flexibility index (Phi) is 10.4. The number of carbonyl (C=O) groups is 1. The highest BCUT2D eigenvalue weighted by atomic mass is 16.3. The minimum absolute atomic E-state index is 0.0145. The molecule has 0 spiro atoms. The summed E-state index contributed by atoms with van der Waals surface area (Å²) in [7, 11) is 4.02. The van der Waals surface area contributed by atoms with Gasteiger partial charge in [-0.15, -0.1) is 0 Å². The first kappa shape index (κ1) is 33.3. The van der Waals surface area contributed by atoms with Crippen molar-refractivity contribution in [3.8, 4) is 11.3 Å². The largest absolute Gasteiger partial charge is 0.391 e. The van der Waals surface area contributed by atoms with Crippen molar-refractivity contribution in [2.45, 2.75) is 51.7 Å². The van der Waals surface area contributed by atoms with Gasteiger partial charge in [0.2, 0.25) is 17.8 Å². The fraction of sp³-hybridized carbons (Fsp3) is 0.417. The molecule has 0 aliphatic carbocycles. The van der Waals surface area contributed by atoms with Crippen LogP contribution < -0.4 is 21.3 Å². The van der Waals surface area contributed by atoms with Gasteiger partial charge in [-0.25, -0.2) is 0 Å². The molecule has 5 aromatic rings. The summed E-state index contributed by atoms with van der Waals surface area (Å²) >= 11 is 0. The minimum atomic E-state index is -0.406. The van der Waals surface area contributed by atoms with Gasteiger partial charge >= 0.3 is 0 Å². The number of amides is 1. The number of carbonyl (C=O) groups excluding carboxylic acids is 1. The summed E-state index contributed by atoms with van der Waals surface area (Å²) in [4.78, 5) is 29.1. The monoisotopic (exact) mass is 650 g/mol. The molecule has 12 nitrogen and oxygen atoms in total. The van der Waals surface area contributed by atoms with E-state index in [0.717, 1.165) is 70.4 Å². The number of β-amino-alcohol motifs (C(OH)–C–C–N with tert-alkyl or cyclic N) is 1. The number of aliphatic hydroxyl groups is 1. The van der Waals surface area contributed by atoms with E-state index in [2.05, 4.69) is 57.2 Å². The fourth-order valence-electron chi connectivity index (χ4n) is 6.18. The maximum Gasteiger partial charge on any atom is 0.229 e. The summed E-state index contributed by atoms with van der Waals surface area (Å²) in [6.45, 7) is 7.67. The van der Waals surface area contributed by atoms with E-state index in [1.165, 1.54) is 0 Å². The topological polar surface area (TPSA) is 145 Å². The zero-order valence-corrected chi connectivity index (χ0v) is 28.2. The van der Waals surface area contributed by atoms with Gasteiger partial charge in [-0.1, -0.05) is 44.2 Å². The van der Waals surface area contributed by atoms with E-state index < -0.39 is 6.10 Å². The van der Waals surface area contributed by atoms with Crippen molar-refractivity contribution in [1.82, 2.24) is 34.8 Å². The van der Waals surface area contributed by atoms with Gasteiger partial charge in [-0.05, 0) is 75.1 Å². The average Bonchev–Trinajstić information content (AvgIpc) is 3.51. The average molecular weight is 651 g/mol. The van der Waals surface area contributed by atoms with Crippen molar-refractivity contribution >= 4 is 39.9 Å². The highest BCUT2D eigenvalue weighted by Gasteiger charge is 2.23. The van der Waals surface area contributed by atoms with Crippen molar-refractivity contribution < 1.29 is 9.90 Å². The zero-order chi connectivity index (χ0) is 33.6. The number of aromatic nitrogens is 5. The van der Waals surface area contributed by atoms with Crippen LogP contribution in [0.4, 0.5) is 17.6 Å². The molecule has 3 aromatic heterocycles. The molecule has 48 heavy (non-hydrogen) atoms. The molecule has 0 bridgehead atoms. The number of pyridine rings is 1. The molecule has 1 amide bonds. The number of aliphatic hydroxyl groups excluding tert-OH is 1. The van der Waals surface area contributed by atoms with Crippen molar-refractivity contribution in [2.24, 2.45) is 5.92 Å². The predicted octanol–water partition coefficient (Wildman–Crippen LogP) is 4.74. The highest BCUT2D eigenvalue weighted by molar-refractivity contribution is 5.99. The number of nitrogens with one attached hydrogen (secondary N) is 4. The minimum Gasteiger partial charge on any atom is -0.391 e. The molecule has 2 atom stereocenters. The van der Waals surface area contributed by atoms with E-state index in [9.17, 15) is 9.90 Å². The lowest BCUT2D eigenvalue weighted by Crippen LogP contribution is -2.43. The lowest BCUT2D eigenvalue weighted by Gasteiger charge is -2.28. The summed E-state index contributed by atoms with van der Waals surface area (Å²) in [5, 5.41) is 30.3. The molecule has 4 heterocycles. The second-order valence-corrected chi connectivity index (χ2v) is 13.1. The summed E-state index contributed by atoms with van der Waals surface area (Å²) in [5.41, 5.74) is 5.48. The van der Waals surface area contributed by atoms with Gasteiger partial charge in [-0.3, -0.25) is 9.78 Å². The van der Waals surface area contributed by atoms with Crippen LogP contribution in [0.5, 0.6) is 0 Å². The molecular weight excluding hydrogens is 604 g/mol. The lowest BCUT2D eigenvalue weighted by atomic mass is 9.95. The second kappa shape index (κ2) is 15.1. The van der Waals surface area contributed by atoms with Crippen molar-refractivity contribution in [3.63, 3.8) is 0 Å². The van der Waals surface area contributed by atoms with E-state index in [-0.39, 0.29) is 17.7 Å². The third kappa shape index (κ3) is 7.73. The van der Waals surface area contributed by atoms with Gasteiger partial charge in [0.25, 0.3) is 0 Å². The first-order valence-corrected chi connectivity index (χ1v) is 16.8. The number of fused-ring (bicyclic) bond motifs is 2. The molecule has 0 radical (unpaired) electrons. The van der Waals surface area contributed by atoms with E-state index in [1.54, 1.807) is 4.52 Å². The van der Waals surface area contributed by atoms with Gasteiger partial charge < -0.3 is 31.3 Å². The third-order valence-electron chi connectivity index (χ3n) is 8.90. The number of anilines is 3. The van der Waals surface area contributed by atoms with E-state index in [4.69, 9.17) is 15.0 Å². The molecule has 1 aliphatic rings. The first-order valence-electron chi connectivity index (χ1n) is 16.8. The number of nitrogens with zero attached hydrogens (tertiary/aromatic N) is 6. The summed E-state index contributed by atoms with van der Waals surface area (Å²) in [6, 6.07) is 16.2. The Hall–Kier alpha value is -4.65. The molecule has 0 unspecified atom stereocenters. The van der Waals surface area contributed by atoms with Gasteiger partial charge in [-0.2, -0.15) is 19.6 Å². The van der Waals surface area contributed by atoms with E-state index in [0.29, 0.717) is 38.0 Å². The first-order chi connectivity index (χ1) is 23.3. The van der Waals surface area contributed by atoms with Crippen molar-refractivity contribution in [2.75, 3.05) is 56.2 Å². The Bertz CT molecular complexity index is 1870. The number of rotatable bonds is 13. The van der Waals surface area contributed by atoms with Crippen LogP contribution in [0.3, 0.4) is 0 Å². The van der Waals surface area contributed by atoms with Crippen molar-refractivity contribution in [1.29, 1.82) is 0 Å². The molecule has 5 N–H and O–H groups in total. The van der Waals surface area contributed by atoms with Gasteiger partial charge in [0.1, 0.15) is 0 Å². The Morgan fingerprint density at radius 3 is 2.79 bits per heavy atom. The Morgan fingerprint density at radius 2 is 1.98 bits per heavy atom. The molecule has 252 valence electrons. The summed E-state index contributed by atoms with van der Waals surface area (Å²) < 4.78 is 1.76. The van der Waals surface area contributed by atoms with Gasteiger partial charge in [0, 0.05) is 60.4 Å². The Labute approximate surface area is 281 Å². The van der Waals surface area contributed by atoms with Crippen LogP contribution in [-0.2, 0) is 11.3 Å². The smallest absolute Gasteiger partial charge is 0.229 e. The fourth-order valence-corrected chi connectivity index (χ4v) is 6.18. The molecule has 1 saturated heterocycles. The van der Waals surface area contributed by atoms with Crippen LogP contribution in [0.15, 0.2) is 60.9 Å². The standard InChI is InChI=1S/C36H46N10O2/c1-23(2)30-21-41-46-34(30)43-35(39-20-26-13-15-37-22-31(26)47)44-36(46)40-19-25-8-5-6-9-28(25)33-29-12-11-27(18-24(29)14-16-38-33)42-32(48)10-7-17-45(3)4/h5-6,8-9,11-12,14,16,18,21,23,26,31,37,47H,7,10,13,15,17,19-20,22H2,1-4H3,(H,42,48)(H2,39,40,43,44)/t26-,31+/m1/s1. The Morgan fingerprint density at radius 1 is 1.12 bits per heavy atom. The van der Waals surface area contributed by atoms with E-state index >= 15 is 0 Å². The molecule has 1 fully saturated rings. The quantitative estimate of drug-likeness (QED) is 0.121. The van der Waals surface area contributed by atoms with Crippen LogP contribution in [-0.4, -0.2) is 86.9 Å². The van der Waals surface area contributed by atoms with Crippen LogP contribution in [0.2, 0.25) is 0 Å². The summed E-state index contributed by atoms with van der Waals surface area (Å²) in [5.74, 6) is 1.45. The van der Waals surface area contributed by atoms with Crippen LogP contribution in [0.1, 0.15) is 50.2 Å². The molecule has 0 saturated carbocycles. The molecular formula is C36H46N10O2. The number of benzene rings is 2. The highest BCUT2D eigenvalue weighted by Crippen LogP contribution is 2.31. The van der Waals surface area contributed by atoms with E-state index in [1.807, 2.05) is 62.9 Å². The number of hydrogen-bond donors (Lipinski definition) is 5. The molecule has 12 heteroatoms. The van der Waals surface area contributed by atoms with Crippen molar-refractivity contribution in [3.05, 3.63) is 72.1 Å². The maximum atomic E-state index is 12.5. The lowest BCUT2D eigenvalue weighted by molar-refractivity contribution is -0.116. The van der Waals surface area contributed by atoms with Crippen LogP contribution in [0, 0.1) is 5.92 Å². The molecule has 6 rings (SSSR count). The predicted molar refractivity (Wildman–Crippen MR) is 191 cm³/mol. The van der Waals surface area contributed by atoms with Gasteiger partial charge in [0.05, 0.1) is 18.0 Å². The zero-order valence-electron chi connectivity index (χ0n) is 28.2. The molecule has 1 aliphatic heterocycles. The summed E-state index contributed by atoms with van der Waals surface area (Å²) in [6.07, 6.45) is 5.44. The van der Waals surface area contributed by atoms with Crippen LogP contribution in [0.25, 0.3) is 27.7 Å². The Balaban J connectivity index is 1.24.